The summed E-state index contributed by atoms with van der Waals surface area (Å²) >= 11 is 0. The number of piperazine rings is 1. The van der Waals surface area contributed by atoms with E-state index in [1.807, 2.05) is 13.0 Å². The molecule has 4 aromatic rings. The Morgan fingerprint density at radius 3 is 2.63 bits per heavy atom. The Balaban J connectivity index is 1.63. The third-order valence-electron chi connectivity index (χ3n) is 5.44. The van der Waals surface area contributed by atoms with E-state index >= 15 is 0 Å². The average molecular weight is 364 g/mol. The summed E-state index contributed by atoms with van der Waals surface area (Å²) in [5, 5.41) is 7.97. The lowest BCUT2D eigenvalue weighted by Crippen LogP contribution is -2.44. The van der Waals surface area contributed by atoms with Gasteiger partial charge in [-0.15, -0.1) is 0 Å². The summed E-state index contributed by atoms with van der Waals surface area (Å²) in [6, 6.07) is 9.03. The number of benzene rings is 1. The molecule has 1 aliphatic rings. The van der Waals surface area contributed by atoms with Crippen molar-refractivity contribution in [3.8, 4) is 5.69 Å². The molecule has 5 rings (SSSR count). The van der Waals surface area contributed by atoms with Crippen LogP contribution in [0, 0.1) is 12.7 Å². The van der Waals surface area contributed by atoms with E-state index in [0.717, 1.165) is 65.3 Å². The Morgan fingerprint density at radius 1 is 1.04 bits per heavy atom. The molecule has 0 saturated carbocycles. The summed E-state index contributed by atoms with van der Waals surface area (Å²) in [6.07, 6.45) is 1.78. The smallest absolute Gasteiger partial charge is 0.129 e. The molecule has 0 radical (unpaired) electrons. The summed E-state index contributed by atoms with van der Waals surface area (Å²) < 4.78 is 15.9. The molecule has 0 bridgehead atoms. The monoisotopic (exact) mass is 364 g/mol. The van der Waals surface area contributed by atoms with Gasteiger partial charge in [0.25, 0.3) is 0 Å². The van der Waals surface area contributed by atoms with Crippen LogP contribution < -0.4 is 4.90 Å². The zero-order valence-corrected chi connectivity index (χ0v) is 15.4. The number of likely N-dealkylation sites (N-methyl/N-ethyl adjacent to an activating group) is 1. The molecule has 27 heavy (non-hydrogen) atoms. The van der Waals surface area contributed by atoms with Crippen LogP contribution in [0.5, 0.6) is 0 Å². The SMILES string of the molecule is Cc1nc(N2CCN(C)CC2)ccc1-n1c2ccc(F)cc2c2[nH]ncc21. The fourth-order valence-corrected chi connectivity index (χ4v) is 3.93. The molecule has 1 fully saturated rings. The first-order valence-electron chi connectivity index (χ1n) is 9.16. The number of anilines is 1. The maximum atomic E-state index is 13.8. The minimum atomic E-state index is -0.253. The van der Waals surface area contributed by atoms with Crippen molar-refractivity contribution in [3.05, 3.63) is 48.0 Å². The summed E-state index contributed by atoms with van der Waals surface area (Å²) in [7, 11) is 2.15. The van der Waals surface area contributed by atoms with E-state index in [1.54, 1.807) is 12.3 Å². The third-order valence-corrected chi connectivity index (χ3v) is 5.44. The van der Waals surface area contributed by atoms with Gasteiger partial charge in [-0.25, -0.2) is 9.37 Å². The Labute approximate surface area is 156 Å². The van der Waals surface area contributed by atoms with Gasteiger partial charge in [-0.2, -0.15) is 5.10 Å². The van der Waals surface area contributed by atoms with Gasteiger partial charge in [0, 0.05) is 31.6 Å². The number of nitrogens with one attached hydrogen (secondary N) is 1. The van der Waals surface area contributed by atoms with E-state index in [4.69, 9.17) is 4.98 Å². The van der Waals surface area contributed by atoms with Crippen LogP contribution in [0.25, 0.3) is 27.6 Å². The number of aromatic nitrogens is 4. The fourth-order valence-electron chi connectivity index (χ4n) is 3.93. The third kappa shape index (κ3) is 2.57. The van der Waals surface area contributed by atoms with E-state index in [-0.39, 0.29) is 5.82 Å². The van der Waals surface area contributed by atoms with Crippen molar-refractivity contribution >= 4 is 27.8 Å². The highest BCUT2D eigenvalue weighted by Gasteiger charge is 2.19. The highest BCUT2D eigenvalue weighted by molar-refractivity contribution is 6.06. The van der Waals surface area contributed by atoms with E-state index in [0.29, 0.717) is 0 Å². The average Bonchev–Trinajstić information content (AvgIpc) is 3.24. The number of H-pyrrole nitrogens is 1. The lowest BCUT2D eigenvalue weighted by molar-refractivity contribution is 0.312. The molecule has 6 nitrogen and oxygen atoms in total. The van der Waals surface area contributed by atoms with Crippen LogP contribution in [0.1, 0.15) is 5.69 Å². The van der Waals surface area contributed by atoms with Gasteiger partial charge in [0.2, 0.25) is 0 Å². The largest absolute Gasteiger partial charge is 0.354 e. The first-order valence-corrected chi connectivity index (χ1v) is 9.16. The normalized spacial score (nSPS) is 15.9. The fraction of sp³-hybridized carbons (Fsp3) is 0.300. The van der Waals surface area contributed by atoms with Gasteiger partial charge in [0.05, 0.1) is 34.1 Å². The molecule has 0 amide bonds. The van der Waals surface area contributed by atoms with Crippen molar-refractivity contribution in [2.24, 2.45) is 0 Å². The minimum absolute atomic E-state index is 0.253. The van der Waals surface area contributed by atoms with Gasteiger partial charge in [0.1, 0.15) is 11.6 Å². The summed E-state index contributed by atoms with van der Waals surface area (Å²) in [4.78, 5) is 9.53. The van der Waals surface area contributed by atoms with Crippen molar-refractivity contribution in [1.82, 2.24) is 24.6 Å². The zero-order valence-electron chi connectivity index (χ0n) is 15.4. The van der Waals surface area contributed by atoms with Gasteiger partial charge >= 0.3 is 0 Å². The van der Waals surface area contributed by atoms with E-state index < -0.39 is 0 Å². The molecular formula is C20H21FN6. The Kier molecular flexibility index (Phi) is 3.65. The van der Waals surface area contributed by atoms with Gasteiger partial charge in [-0.1, -0.05) is 0 Å². The molecule has 7 heteroatoms. The predicted molar refractivity (Wildman–Crippen MR) is 105 cm³/mol. The first-order chi connectivity index (χ1) is 13.1. The molecule has 1 aliphatic heterocycles. The van der Waals surface area contributed by atoms with Crippen molar-refractivity contribution in [3.63, 3.8) is 0 Å². The Bertz CT molecular complexity index is 1140. The van der Waals surface area contributed by atoms with Gasteiger partial charge < -0.3 is 14.4 Å². The lowest BCUT2D eigenvalue weighted by atomic mass is 10.2. The van der Waals surface area contributed by atoms with E-state index in [1.165, 1.54) is 6.07 Å². The van der Waals surface area contributed by atoms with E-state index in [2.05, 4.69) is 43.7 Å². The predicted octanol–water partition coefficient (Wildman–Crippen LogP) is 3.10. The maximum Gasteiger partial charge on any atom is 0.129 e. The van der Waals surface area contributed by atoms with Crippen molar-refractivity contribution < 1.29 is 4.39 Å². The first kappa shape index (κ1) is 16.3. The molecule has 138 valence electrons. The van der Waals surface area contributed by atoms with Crippen LogP contribution in [-0.2, 0) is 0 Å². The molecule has 1 aromatic carbocycles. The zero-order chi connectivity index (χ0) is 18.5. The van der Waals surface area contributed by atoms with Gasteiger partial charge in [-0.05, 0) is 44.3 Å². The summed E-state index contributed by atoms with van der Waals surface area (Å²) in [6.45, 7) is 6.09. The molecule has 1 saturated heterocycles. The van der Waals surface area contributed by atoms with E-state index in [9.17, 15) is 4.39 Å². The molecule has 3 aromatic heterocycles. The number of nitrogens with zero attached hydrogens (tertiary/aromatic N) is 5. The number of fused-ring (bicyclic) bond motifs is 3. The number of aryl methyl sites for hydroxylation is 1. The molecular weight excluding hydrogens is 343 g/mol. The van der Waals surface area contributed by atoms with Crippen LogP contribution in [0.4, 0.5) is 10.2 Å². The second-order valence-electron chi connectivity index (χ2n) is 7.19. The number of hydrogen-bond donors (Lipinski definition) is 1. The summed E-state index contributed by atoms with van der Waals surface area (Å²) in [5.74, 6) is 0.756. The van der Waals surface area contributed by atoms with Gasteiger partial charge in [0.15, 0.2) is 0 Å². The summed E-state index contributed by atoms with van der Waals surface area (Å²) in [5.41, 5.74) is 4.63. The molecule has 1 N–H and O–H groups in total. The van der Waals surface area contributed by atoms with Crippen LogP contribution in [0.2, 0.25) is 0 Å². The number of hydrogen-bond acceptors (Lipinski definition) is 4. The van der Waals surface area contributed by atoms with Crippen molar-refractivity contribution in [2.45, 2.75) is 6.92 Å². The molecule has 0 unspecified atom stereocenters. The van der Waals surface area contributed by atoms with Crippen LogP contribution in [0.15, 0.2) is 36.5 Å². The molecule has 4 heterocycles. The number of pyridine rings is 1. The van der Waals surface area contributed by atoms with Crippen molar-refractivity contribution in [1.29, 1.82) is 0 Å². The minimum Gasteiger partial charge on any atom is -0.354 e. The van der Waals surface area contributed by atoms with Crippen LogP contribution in [-0.4, -0.2) is 57.9 Å². The number of halogens is 1. The van der Waals surface area contributed by atoms with Gasteiger partial charge in [-0.3, -0.25) is 5.10 Å². The molecule has 0 atom stereocenters. The second kappa shape index (κ2) is 6.06. The second-order valence-corrected chi connectivity index (χ2v) is 7.19. The molecule has 0 aliphatic carbocycles. The van der Waals surface area contributed by atoms with Crippen LogP contribution >= 0.6 is 0 Å². The number of rotatable bonds is 2. The lowest BCUT2D eigenvalue weighted by Gasteiger charge is -2.33. The highest BCUT2D eigenvalue weighted by Crippen LogP contribution is 2.32. The number of aromatic amines is 1. The maximum absolute atomic E-state index is 13.8. The standard InChI is InChI=1S/C20H21FN6/c1-13-16(5-6-19(23-13)26-9-7-25(2)8-10-26)27-17-4-3-14(21)11-15(17)20-18(27)12-22-24-20/h3-6,11-12H,7-10H2,1-2H3,(H,22,24). The van der Waals surface area contributed by atoms with Crippen molar-refractivity contribution in [2.75, 3.05) is 38.1 Å². The topological polar surface area (TPSA) is 53.0 Å². The van der Waals surface area contributed by atoms with Crippen LogP contribution in [0.3, 0.4) is 0 Å². The quantitative estimate of drug-likeness (QED) is 0.594. The Hall–Kier alpha value is -2.93. The molecule has 0 spiro atoms. The Morgan fingerprint density at radius 2 is 1.85 bits per heavy atom. The highest BCUT2D eigenvalue weighted by atomic mass is 19.1.